The molecule has 43 heavy (non-hydrogen) atoms. The lowest BCUT2D eigenvalue weighted by atomic mass is 9.70. The van der Waals surface area contributed by atoms with Crippen LogP contribution in [0.25, 0.3) is 22.3 Å². The van der Waals surface area contributed by atoms with Gasteiger partial charge in [0, 0.05) is 49.7 Å². The van der Waals surface area contributed by atoms with Gasteiger partial charge in [-0.25, -0.2) is 0 Å². The Labute approximate surface area is 253 Å². The largest absolute Gasteiger partial charge is 0.370 e. The summed E-state index contributed by atoms with van der Waals surface area (Å²) < 4.78 is 0. The molecular weight excluding hydrogens is 520 g/mol. The molecular formula is C41H32N2. The highest BCUT2D eigenvalue weighted by Crippen LogP contribution is 2.64. The fourth-order valence-corrected chi connectivity index (χ4v) is 8.29. The molecule has 0 saturated carbocycles. The third kappa shape index (κ3) is 3.24. The van der Waals surface area contributed by atoms with Crippen LogP contribution in [-0.4, -0.2) is 14.1 Å². The maximum Gasteiger partial charge on any atom is 0.0726 e. The van der Waals surface area contributed by atoms with Crippen LogP contribution in [0.15, 0.2) is 133 Å². The smallest absolute Gasteiger partial charge is 0.0726 e. The van der Waals surface area contributed by atoms with Gasteiger partial charge in [-0.2, -0.15) is 0 Å². The predicted molar refractivity (Wildman–Crippen MR) is 179 cm³/mol. The predicted octanol–water partition coefficient (Wildman–Crippen LogP) is 9.34. The number of nitrogens with zero attached hydrogens (tertiary/aromatic N) is 2. The van der Waals surface area contributed by atoms with E-state index in [1.807, 2.05) is 0 Å². The second-order valence-electron chi connectivity index (χ2n) is 12.3. The molecule has 0 atom stereocenters. The summed E-state index contributed by atoms with van der Waals surface area (Å²) in [5.74, 6) is 0. The van der Waals surface area contributed by atoms with Crippen molar-refractivity contribution in [3.05, 3.63) is 172 Å². The lowest BCUT2D eigenvalue weighted by Crippen LogP contribution is -2.26. The molecule has 0 bridgehead atoms. The van der Waals surface area contributed by atoms with Crippen molar-refractivity contribution in [1.29, 1.82) is 0 Å². The first-order valence-corrected chi connectivity index (χ1v) is 15.2. The Morgan fingerprint density at radius 2 is 1.16 bits per heavy atom. The molecule has 1 heterocycles. The van der Waals surface area contributed by atoms with Gasteiger partial charge in [0.05, 0.1) is 5.41 Å². The summed E-state index contributed by atoms with van der Waals surface area (Å²) in [5, 5.41) is 0. The van der Waals surface area contributed by atoms with Crippen LogP contribution in [-0.2, 0) is 18.4 Å². The summed E-state index contributed by atoms with van der Waals surface area (Å²) >= 11 is 0. The van der Waals surface area contributed by atoms with Gasteiger partial charge in [0.1, 0.15) is 0 Å². The summed E-state index contributed by atoms with van der Waals surface area (Å²) in [4.78, 5) is 4.80. The second kappa shape index (κ2) is 8.96. The van der Waals surface area contributed by atoms with Crippen molar-refractivity contribution >= 4 is 17.1 Å². The van der Waals surface area contributed by atoms with Crippen LogP contribution >= 0.6 is 0 Å². The Balaban J connectivity index is 1.18. The minimum absolute atomic E-state index is 0.308. The van der Waals surface area contributed by atoms with Gasteiger partial charge in [0.2, 0.25) is 0 Å². The SMILES string of the molecule is CN(Cc1ccc2c(c1)N(C)c1ccccc1C2)c1cccc2c1-c1ccccc1C21c2ccccc2-c2ccccc21. The van der Waals surface area contributed by atoms with E-state index < -0.39 is 0 Å². The van der Waals surface area contributed by atoms with Crippen molar-refractivity contribution < 1.29 is 0 Å². The van der Waals surface area contributed by atoms with Crippen LogP contribution in [0.4, 0.5) is 17.1 Å². The molecule has 6 aromatic rings. The second-order valence-corrected chi connectivity index (χ2v) is 12.3. The quantitative estimate of drug-likeness (QED) is 0.215. The first kappa shape index (κ1) is 24.5. The van der Waals surface area contributed by atoms with Gasteiger partial charge < -0.3 is 9.80 Å². The third-order valence-electron chi connectivity index (χ3n) is 10.1. The van der Waals surface area contributed by atoms with Crippen molar-refractivity contribution in [2.45, 2.75) is 18.4 Å². The zero-order chi connectivity index (χ0) is 28.7. The van der Waals surface area contributed by atoms with Gasteiger partial charge in [-0.05, 0) is 73.8 Å². The van der Waals surface area contributed by atoms with Crippen molar-refractivity contribution in [2.75, 3.05) is 23.9 Å². The van der Waals surface area contributed by atoms with Gasteiger partial charge in [-0.3, -0.25) is 0 Å². The molecule has 206 valence electrons. The van der Waals surface area contributed by atoms with E-state index in [1.54, 1.807) is 0 Å². The number of benzene rings is 6. The molecule has 3 aliphatic rings. The highest BCUT2D eigenvalue weighted by Gasteiger charge is 2.52. The maximum absolute atomic E-state index is 2.44. The van der Waals surface area contributed by atoms with Crippen LogP contribution in [0.3, 0.4) is 0 Å². The number of fused-ring (bicyclic) bond motifs is 12. The first-order valence-electron chi connectivity index (χ1n) is 15.2. The Morgan fingerprint density at radius 1 is 0.581 bits per heavy atom. The Hall–Kier alpha value is -5.08. The Morgan fingerprint density at radius 3 is 1.91 bits per heavy atom. The lowest BCUT2D eigenvalue weighted by molar-refractivity contribution is 0.793. The minimum atomic E-state index is -0.308. The van der Waals surface area contributed by atoms with Gasteiger partial charge in [-0.15, -0.1) is 0 Å². The average molecular weight is 553 g/mol. The molecule has 0 fully saturated rings. The molecule has 0 N–H and O–H groups in total. The van der Waals surface area contributed by atoms with Crippen LogP contribution in [0.2, 0.25) is 0 Å². The molecule has 0 amide bonds. The zero-order valence-electron chi connectivity index (χ0n) is 24.5. The van der Waals surface area contributed by atoms with Gasteiger partial charge >= 0.3 is 0 Å². The van der Waals surface area contributed by atoms with Crippen LogP contribution in [0, 0.1) is 0 Å². The van der Waals surface area contributed by atoms with E-state index in [9.17, 15) is 0 Å². The topological polar surface area (TPSA) is 6.48 Å². The molecule has 6 aromatic carbocycles. The Bertz CT molecular complexity index is 2040. The summed E-state index contributed by atoms with van der Waals surface area (Å²) in [7, 11) is 4.44. The molecule has 2 nitrogen and oxygen atoms in total. The summed E-state index contributed by atoms with van der Waals surface area (Å²) in [5.41, 5.74) is 18.6. The van der Waals surface area contributed by atoms with E-state index >= 15 is 0 Å². The third-order valence-corrected chi connectivity index (χ3v) is 10.1. The van der Waals surface area contributed by atoms with Crippen molar-refractivity contribution in [3.63, 3.8) is 0 Å². The van der Waals surface area contributed by atoms with E-state index in [1.165, 1.54) is 78.3 Å². The number of hydrogen-bond donors (Lipinski definition) is 0. The standard InChI is InChI=1S/C41H32N2/c1-42(26-27-22-23-29-25-28-12-3-10-20-37(28)43(2)39(29)24-27)38-21-11-19-36-40(38)32-15-6-9-18-35(32)41(36)33-16-7-4-13-30(33)31-14-5-8-17-34(31)41/h3-24H,25-26H2,1-2H3. The van der Waals surface area contributed by atoms with E-state index in [2.05, 4.69) is 157 Å². The van der Waals surface area contributed by atoms with Crippen LogP contribution < -0.4 is 9.80 Å². The van der Waals surface area contributed by atoms with Crippen molar-refractivity contribution in [1.82, 2.24) is 0 Å². The number of hydrogen-bond acceptors (Lipinski definition) is 2. The number of anilines is 3. The molecule has 0 aromatic heterocycles. The minimum Gasteiger partial charge on any atom is -0.370 e. The molecule has 2 heteroatoms. The fraction of sp³-hybridized carbons (Fsp3) is 0.122. The van der Waals surface area contributed by atoms with E-state index in [0.29, 0.717) is 0 Å². The Kier molecular flexibility index (Phi) is 5.11. The normalized spacial score (nSPS) is 14.4. The average Bonchev–Trinajstić information content (AvgIpc) is 3.53. The van der Waals surface area contributed by atoms with Crippen molar-refractivity contribution in [3.8, 4) is 22.3 Å². The van der Waals surface area contributed by atoms with Crippen LogP contribution in [0.5, 0.6) is 0 Å². The summed E-state index contributed by atoms with van der Waals surface area (Å²) in [6.07, 6.45) is 0.986. The maximum atomic E-state index is 2.44. The number of para-hydroxylation sites is 1. The molecule has 0 radical (unpaired) electrons. The molecule has 1 spiro atoms. The summed E-state index contributed by atoms with van der Waals surface area (Å²) in [6, 6.07) is 49.9. The summed E-state index contributed by atoms with van der Waals surface area (Å²) in [6.45, 7) is 0.835. The van der Waals surface area contributed by atoms with Crippen LogP contribution in [0.1, 0.15) is 38.9 Å². The molecule has 1 aliphatic heterocycles. The fourth-order valence-electron chi connectivity index (χ4n) is 8.29. The van der Waals surface area contributed by atoms with E-state index in [0.717, 1.165) is 13.0 Å². The molecule has 9 rings (SSSR count). The van der Waals surface area contributed by atoms with Gasteiger partial charge in [-0.1, -0.05) is 115 Å². The van der Waals surface area contributed by atoms with Gasteiger partial charge in [0.15, 0.2) is 0 Å². The number of rotatable bonds is 3. The monoisotopic (exact) mass is 552 g/mol. The molecule has 2 aliphatic carbocycles. The highest BCUT2D eigenvalue weighted by molar-refractivity contribution is 5.98. The lowest BCUT2D eigenvalue weighted by Gasteiger charge is -2.32. The zero-order valence-corrected chi connectivity index (χ0v) is 24.5. The molecule has 0 saturated heterocycles. The van der Waals surface area contributed by atoms with Crippen molar-refractivity contribution in [2.24, 2.45) is 0 Å². The highest BCUT2D eigenvalue weighted by atomic mass is 15.1. The van der Waals surface area contributed by atoms with E-state index in [4.69, 9.17) is 0 Å². The first-order chi connectivity index (χ1) is 21.2. The molecule has 0 unspecified atom stereocenters. The van der Waals surface area contributed by atoms with E-state index in [-0.39, 0.29) is 5.41 Å². The van der Waals surface area contributed by atoms with Gasteiger partial charge in [0.25, 0.3) is 0 Å².